The predicted octanol–water partition coefficient (Wildman–Crippen LogP) is 0.854. The highest BCUT2D eigenvalue weighted by Crippen LogP contribution is 2.06. The Bertz CT molecular complexity index is 470. The Morgan fingerprint density at radius 1 is 1.37 bits per heavy atom. The smallest absolute Gasteiger partial charge is 0.279 e. The van der Waals surface area contributed by atoms with Gasteiger partial charge in [-0.3, -0.25) is 0 Å². The highest BCUT2D eigenvalue weighted by atomic mass is 32.2. The van der Waals surface area contributed by atoms with Gasteiger partial charge < -0.3 is 9.73 Å². The molecule has 0 atom stereocenters. The van der Waals surface area contributed by atoms with Crippen molar-refractivity contribution in [3.05, 3.63) is 23.7 Å². The maximum absolute atomic E-state index is 11.9. The third-order valence-electron chi connectivity index (χ3n) is 2.71. The Hall–Kier alpha value is -0.890. The zero-order valence-electron chi connectivity index (χ0n) is 11.8. The number of hydrogen-bond acceptors (Lipinski definition) is 4. The van der Waals surface area contributed by atoms with Gasteiger partial charge in [0.25, 0.3) is 10.2 Å². The summed E-state index contributed by atoms with van der Waals surface area (Å²) in [5.74, 6) is 1.38. The van der Waals surface area contributed by atoms with Crippen LogP contribution in [0.1, 0.15) is 24.9 Å². The molecule has 2 N–H and O–H groups in total. The minimum Gasteiger partial charge on any atom is -0.465 e. The fourth-order valence-electron chi connectivity index (χ4n) is 1.58. The Morgan fingerprint density at radius 2 is 2.11 bits per heavy atom. The van der Waals surface area contributed by atoms with Gasteiger partial charge in [0, 0.05) is 13.6 Å². The van der Waals surface area contributed by atoms with Gasteiger partial charge in [-0.05, 0) is 38.6 Å². The lowest BCUT2D eigenvalue weighted by molar-refractivity contribution is 0.434. The number of nitrogens with zero attached hydrogens (tertiary/aromatic N) is 1. The van der Waals surface area contributed by atoms with Gasteiger partial charge in [0.1, 0.15) is 11.5 Å². The van der Waals surface area contributed by atoms with Crippen LogP contribution in [-0.2, 0) is 16.8 Å². The van der Waals surface area contributed by atoms with Crippen molar-refractivity contribution in [3.8, 4) is 0 Å². The summed E-state index contributed by atoms with van der Waals surface area (Å²) in [6, 6.07) is 3.58. The monoisotopic (exact) mass is 289 g/mol. The molecular weight excluding hydrogens is 266 g/mol. The molecule has 0 aromatic carbocycles. The third kappa shape index (κ3) is 5.73. The Kier molecular flexibility index (Phi) is 6.50. The molecular formula is C12H23N3O3S. The van der Waals surface area contributed by atoms with Crippen molar-refractivity contribution in [1.29, 1.82) is 0 Å². The minimum atomic E-state index is -3.44. The summed E-state index contributed by atoms with van der Waals surface area (Å²) >= 11 is 0. The fraction of sp³-hybridized carbons (Fsp3) is 0.667. The van der Waals surface area contributed by atoms with Crippen LogP contribution in [-0.4, -0.2) is 39.4 Å². The van der Waals surface area contributed by atoms with E-state index in [1.165, 1.54) is 4.31 Å². The molecule has 7 heteroatoms. The molecule has 19 heavy (non-hydrogen) atoms. The van der Waals surface area contributed by atoms with E-state index in [2.05, 4.69) is 10.0 Å². The first-order chi connectivity index (χ1) is 8.95. The summed E-state index contributed by atoms with van der Waals surface area (Å²) in [6.45, 7) is 6.21. The third-order valence-corrected chi connectivity index (χ3v) is 4.22. The number of hydrogen-bond donors (Lipinski definition) is 2. The maximum Gasteiger partial charge on any atom is 0.279 e. The van der Waals surface area contributed by atoms with Crippen LogP contribution in [0.25, 0.3) is 0 Å². The zero-order valence-corrected chi connectivity index (χ0v) is 12.6. The van der Waals surface area contributed by atoms with E-state index in [0.29, 0.717) is 12.3 Å². The van der Waals surface area contributed by atoms with Crippen molar-refractivity contribution >= 4 is 10.2 Å². The Balaban J connectivity index is 2.37. The van der Waals surface area contributed by atoms with Gasteiger partial charge in [-0.1, -0.05) is 6.92 Å². The Morgan fingerprint density at radius 3 is 2.68 bits per heavy atom. The van der Waals surface area contributed by atoms with Crippen molar-refractivity contribution < 1.29 is 12.8 Å². The molecule has 0 amide bonds. The first kappa shape index (κ1) is 16.2. The summed E-state index contributed by atoms with van der Waals surface area (Å²) in [5, 5.41) is 3.16. The predicted molar refractivity (Wildman–Crippen MR) is 75.0 cm³/mol. The van der Waals surface area contributed by atoms with Crippen LogP contribution in [0.15, 0.2) is 16.5 Å². The van der Waals surface area contributed by atoms with Crippen molar-refractivity contribution in [1.82, 2.24) is 14.3 Å². The lowest BCUT2D eigenvalue weighted by atomic mass is 10.4. The fourth-order valence-corrected chi connectivity index (χ4v) is 2.49. The SMILES string of the molecule is CCNCCCN(C)S(=O)(=O)NCc1ccc(C)o1. The molecule has 1 heterocycles. The van der Waals surface area contributed by atoms with Gasteiger partial charge >= 0.3 is 0 Å². The van der Waals surface area contributed by atoms with Crippen LogP contribution in [0.3, 0.4) is 0 Å². The highest BCUT2D eigenvalue weighted by molar-refractivity contribution is 7.87. The molecule has 110 valence electrons. The summed E-state index contributed by atoms with van der Waals surface area (Å²) in [5.41, 5.74) is 0. The Labute approximate surface area is 115 Å². The molecule has 1 aromatic heterocycles. The molecule has 0 bridgehead atoms. The van der Waals surface area contributed by atoms with Gasteiger partial charge in [-0.15, -0.1) is 0 Å². The van der Waals surface area contributed by atoms with Crippen molar-refractivity contribution in [2.45, 2.75) is 26.8 Å². The molecule has 1 rings (SSSR count). The second kappa shape index (κ2) is 7.64. The molecule has 1 aromatic rings. The van der Waals surface area contributed by atoms with Crippen LogP contribution in [0.2, 0.25) is 0 Å². The van der Waals surface area contributed by atoms with E-state index in [1.54, 1.807) is 13.1 Å². The van der Waals surface area contributed by atoms with E-state index in [0.717, 1.165) is 25.3 Å². The molecule has 0 aliphatic rings. The van der Waals surface area contributed by atoms with E-state index >= 15 is 0 Å². The van der Waals surface area contributed by atoms with Crippen LogP contribution in [0, 0.1) is 6.92 Å². The standard InChI is InChI=1S/C12H23N3O3S/c1-4-13-8-5-9-15(3)19(16,17)14-10-12-7-6-11(2)18-12/h6-7,13-14H,4-5,8-10H2,1-3H3. The van der Waals surface area contributed by atoms with Crippen LogP contribution < -0.4 is 10.0 Å². The van der Waals surface area contributed by atoms with Crippen molar-refractivity contribution in [2.75, 3.05) is 26.7 Å². The number of nitrogens with one attached hydrogen (secondary N) is 2. The van der Waals surface area contributed by atoms with E-state index in [4.69, 9.17) is 4.42 Å². The second-order valence-electron chi connectivity index (χ2n) is 4.37. The number of aryl methyl sites for hydroxylation is 1. The van der Waals surface area contributed by atoms with Gasteiger partial charge in [0.15, 0.2) is 0 Å². The molecule has 0 fully saturated rings. The van der Waals surface area contributed by atoms with Crippen LogP contribution in [0.5, 0.6) is 0 Å². The van der Waals surface area contributed by atoms with Crippen LogP contribution in [0.4, 0.5) is 0 Å². The summed E-state index contributed by atoms with van der Waals surface area (Å²) in [4.78, 5) is 0. The van der Waals surface area contributed by atoms with Gasteiger partial charge in [-0.25, -0.2) is 0 Å². The summed E-state index contributed by atoms with van der Waals surface area (Å²) in [7, 11) is -1.87. The topological polar surface area (TPSA) is 74.6 Å². The van der Waals surface area contributed by atoms with Gasteiger partial charge in [0.05, 0.1) is 6.54 Å². The molecule has 0 aliphatic carbocycles. The van der Waals surface area contributed by atoms with Crippen LogP contribution >= 0.6 is 0 Å². The maximum atomic E-state index is 11.9. The largest absolute Gasteiger partial charge is 0.465 e. The first-order valence-electron chi connectivity index (χ1n) is 6.42. The van der Waals surface area contributed by atoms with Crippen molar-refractivity contribution in [2.24, 2.45) is 0 Å². The summed E-state index contributed by atoms with van der Waals surface area (Å²) < 4.78 is 33.0. The zero-order chi connectivity index (χ0) is 14.3. The molecule has 0 saturated carbocycles. The average molecular weight is 289 g/mol. The lowest BCUT2D eigenvalue weighted by Crippen LogP contribution is -2.39. The quantitative estimate of drug-likeness (QED) is 0.661. The second-order valence-corrected chi connectivity index (χ2v) is 6.23. The van der Waals surface area contributed by atoms with Gasteiger partial charge in [0.2, 0.25) is 0 Å². The number of furan rings is 1. The van der Waals surface area contributed by atoms with E-state index in [9.17, 15) is 8.42 Å². The number of rotatable bonds is 9. The molecule has 0 aliphatic heterocycles. The minimum absolute atomic E-state index is 0.174. The molecule has 0 unspecified atom stereocenters. The molecule has 6 nitrogen and oxygen atoms in total. The lowest BCUT2D eigenvalue weighted by Gasteiger charge is -2.17. The highest BCUT2D eigenvalue weighted by Gasteiger charge is 2.17. The van der Waals surface area contributed by atoms with E-state index < -0.39 is 10.2 Å². The van der Waals surface area contributed by atoms with Gasteiger partial charge in [-0.2, -0.15) is 17.4 Å². The molecule has 0 saturated heterocycles. The normalized spacial score (nSPS) is 12.2. The van der Waals surface area contributed by atoms with E-state index in [1.807, 2.05) is 19.9 Å². The average Bonchev–Trinajstić information content (AvgIpc) is 2.78. The molecule has 0 spiro atoms. The first-order valence-corrected chi connectivity index (χ1v) is 7.86. The molecule has 0 radical (unpaired) electrons. The summed E-state index contributed by atoms with van der Waals surface area (Å²) in [6.07, 6.45) is 0.783. The van der Waals surface area contributed by atoms with E-state index in [-0.39, 0.29) is 6.54 Å². The van der Waals surface area contributed by atoms with Crippen molar-refractivity contribution in [3.63, 3.8) is 0 Å².